The van der Waals surface area contributed by atoms with Crippen LogP contribution >= 0.6 is 11.6 Å². The van der Waals surface area contributed by atoms with Crippen LogP contribution in [0, 0.1) is 11.7 Å². The third kappa shape index (κ3) is 4.50. The Labute approximate surface area is 185 Å². The average Bonchev–Trinajstić information content (AvgIpc) is 3.03. The van der Waals surface area contributed by atoms with Crippen molar-refractivity contribution in [1.82, 2.24) is 9.80 Å². The van der Waals surface area contributed by atoms with Gasteiger partial charge in [-0.25, -0.2) is 4.39 Å². The summed E-state index contributed by atoms with van der Waals surface area (Å²) < 4.78 is 13.2. The molecule has 2 heterocycles. The Hall–Kier alpha value is -2.70. The molecule has 1 atom stereocenters. The van der Waals surface area contributed by atoms with Gasteiger partial charge in [0.05, 0.1) is 5.57 Å². The van der Waals surface area contributed by atoms with Crippen LogP contribution in [0.1, 0.15) is 24.0 Å². The molecule has 0 radical (unpaired) electrons. The van der Waals surface area contributed by atoms with Crippen molar-refractivity contribution in [3.63, 3.8) is 0 Å². The fourth-order valence-corrected chi connectivity index (χ4v) is 4.37. The van der Waals surface area contributed by atoms with Crippen LogP contribution in [0.15, 0.2) is 54.2 Å². The molecule has 2 aliphatic heterocycles. The minimum Gasteiger partial charge on any atom is -0.396 e. The molecule has 4 rings (SSSR count). The molecule has 0 saturated carbocycles. The zero-order chi connectivity index (χ0) is 22.0. The predicted octanol–water partition coefficient (Wildman–Crippen LogP) is 3.51. The molecular weight excluding hydrogens is 419 g/mol. The van der Waals surface area contributed by atoms with Crippen molar-refractivity contribution in [2.45, 2.75) is 19.3 Å². The fourth-order valence-electron chi connectivity index (χ4n) is 4.25. The second-order valence-electron chi connectivity index (χ2n) is 8.01. The van der Waals surface area contributed by atoms with Crippen LogP contribution < -0.4 is 0 Å². The van der Waals surface area contributed by atoms with Gasteiger partial charge in [-0.15, -0.1) is 0 Å². The van der Waals surface area contributed by atoms with Gasteiger partial charge in [0.2, 0.25) is 0 Å². The number of aliphatic hydroxyl groups excluding tert-OH is 1. The van der Waals surface area contributed by atoms with Gasteiger partial charge in [0.15, 0.2) is 0 Å². The van der Waals surface area contributed by atoms with Gasteiger partial charge in [-0.05, 0) is 60.6 Å². The first-order valence-corrected chi connectivity index (χ1v) is 10.8. The van der Waals surface area contributed by atoms with Crippen molar-refractivity contribution in [3.05, 3.63) is 76.2 Å². The van der Waals surface area contributed by atoms with Crippen molar-refractivity contribution in [3.8, 4) is 0 Å². The van der Waals surface area contributed by atoms with Gasteiger partial charge in [-0.3, -0.25) is 14.5 Å². The summed E-state index contributed by atoms with van der Waals surface area (Å²) in [6, 6.07) is 13.0. The number of rotatable bonds is 6. The largest absolute Gasteiger partial charge is 0.396 e. The molecule has 2 aliphatic rings. The number of hydrogen-bond acceptors (Lipinski definition) is 4. The lowest BCUT2D eigenvalue weighted by Crippen LogP contribution is -2.41. The van der Waals surface area contributed by atoms with E-state index in [9.17, 15) is 19.1 Å². The number of amides is 2. The number of piperidine rings is 1. The summed E-state index contributed by atoms with van der Waals surface area (Å²) in [4.78, 5) is 30.0. The van der Waals surface area contributed by atoms with Crippen LogP contribution in [0.3, 0.4) is 0 Å². The topological polar surface area (TPSA) is 60.9 Å². The lowest BCUT2D eigenvalue weighted by atomic mass is 9.97. The molecular formula is C24H24ClFN2O3. The average molecular weight is 443 g/mol. The van der Waals surface area contributed by atoms with Crippen LogP contribution in [0.25, 0.3) is 5.57 Å². The Morgan fingerprint density at radius 2 is 1.74 bits per heavy atom. The lowest BCUT2D eigenvalue weighted by Gasteiger charge is -2.34. The zero-order valence-corrected chi connectivity index (χ0v) is 17.8. The van der Waals surface area contributed by atoms with Gasteiger partial charge in [0, 0.05) is 31.3 Å². The molecule has 31 heavy (non-hydrogen) atoms. The molecule has 2 aromatic carbocycles. The van der Waals surface area contributed by atoms with E-state index < -0.39 is 0 Å². The highest BCUT2D eigenvalue weighted by Crippen LogP contribution is 2.34. The minimum absolute atomic E-state index is 0.0521. The number of imide groups is 1. The molecule has 1 unspecified atom stereocenters. The second kappa shape index (κ2) is 9.20. The lowest BCUT2D eigenvalue weighted by molar-refractivity contribution is -0.137. The van der Waals surface area contributed by atoms with Gasteiger partial charge in [-0.1, -0.05) is 35.9 Å². The molecule has 1 saturated heterocycles. The second-order valence-corrected chi connectivity index (χ2v) is 8.44. The Bertz CT molecular complexity index is 1000. The first kappa shape index (κ1) is 21.5. The van der Waals surface area contributed by atoms with Crippen LogP contribution in [0.5, 0.6) is 0 Å². The maximum atomic E-state index is 13.4. The van der Waals surface area contributed by atoms with Crippen molar-refractivity contribution in [2.75, 3.05) is 26.2 Å². The van der Waals surface area contributed by atoms with E-state index in [1.54, 1.807) is 36.4 Å². The van der Waals surface area contributed by atoms with Crippen molar-refractivity contribution in [1.29, 1.82) is 0 Å². The van der Waals surface area contributed by atoms with E-state index in [2.05, 4.69) is 0 Å². The number of halogens is 2. The van der Waals surface area contributed by atoms with E-state index in [4.69, 9.17) is 11.6 Å². The van der Waals surface area contributed by atoms with Gasteiger partial charge in [-0.2, -0.15) is 0 Å². The first-order chi connectivity index (χ1) is 15.0. The van der Waals surface area contributed by atoms with Gasteiger partial charge in [0.25, 0.3) is 11.8 Å². The molecule has 2 aromatic rings. The summed E-state index contributed by atoms with van der Waals surface area (Å²) in [6.07, 6.45) is 2.19. The quantitative estimate of drug-likeness (QED) is 0.695. The van der Waals surface area contributed by atoms with E-state index in [1.807, 2.05) is 4.90 Å². The van der Waals surface area contributed by atoms with E-state index >= 15 is 0 Å². The number of carbonyl (C=O) groups is 2. The number of aliphatic hydroxyl groups is 1. The summed E-state index contributed by atoms with van der Waals surface area (Å²) in [6.45, 7) is 1.46. The first-order valence-electron chi connectivity index (χ1n) is 10.4. The number of likely N-dealkylation sites (tertiary alicyclic amines) is 1. The predicted molar refractivity (Wildman–Crippen MR) is 117 cm³/mol. The molecule has 0 bridgehead atoms. The fraction of sp³-hybridized carbons (Fsp3) is 0.333. The third-order valence-electron chi connectivity index (χ3n) is 5.91. The summed E-state index contributed by atoms with van der Waals surface area (Å²) in [5.74, 6) is -0.912. The third-order valence-corrected chi connectivity index (χ3v) is 6.16. The summed E-state index contributed by atoms with van der Waals surface area (Å²) in [5.41, 5.74) is 2.26. The van der Waals surface area contributed by atoms with E-state index in [0.29, 0.717) is 41.4 Å². The maximum Gasteiger partial charge on any atom is 0.277 e. The Morgan fingerprint density at radius 3 is 2.42 bits per heavy atom. The van der Waals surface area contributed by atoms with Crippen LogP contribution in [0.4, 0.5) is 4.39 Å². The van der Waals surface area contributed by atoms with Crippen molar-refractivity contribution < 1.29 is 19.1 Å². The molecule has 7 heteroatoms. The highest BCUT2D eigenvalue weighted by atomic mass is 35.5. The minimum atomic E-state index is -0.337. The summed E-state index contributed by atoms with van der Waals surface area (Å²) >= 11 is 6.02. The number of hydrogen-bond donors (Lipinski definition) is 1. The highest BCUT2D eigenvalue weighted by Gasteiger charge is 2.42. The van der Waals surface area contributed by atoms with E-state index in [1.165, 1.54) is 17.0 Å². The SMILES string of the molecule is O=C1C(c2ccc(Cl)cc2)=C(N2CCCC(CO)C2)C(=O)N1CCc1ccc(F)cc1. The van der Waals surface area contributed by atoms with E-state index in [0.717, 1.165) is 18.4 Å². The molecule has 0 spiro atoms. The molecule has 2 amide bonds. The highest BCUT2D eigenvalue weighted by molar-refractivity contribution is 6.36. The van der Waals surface area contributed by atoms with Crippen LogP contribution in [-0.2, 0) is 16.0 Å². The summed E-state index contributed by atoms with van der Waals surface area (Å²) in [5, 5.41) is 10.2. The Balaban J connectivity index is 1.64. The zero-order valence-electron chi connectivity index (χ0n) is 17.1. The number of carbonyl (C=O) groups excluding carboxylic acids is 2. The normalized spacial score (nSPS) is 19.5. The van der Waals surface area contributed by atoms with Crippen molar-refractivity contribution in [2.24, 2.45) is 5.92 Å². The summed E-state index contributed by atoms with van der Waals surface area (Å²) in [7, 11) is 0. The van der Waals surface area contributed by atoms with Crippen molar-refractivity contribution >= 4 is 29.0 Å². The monoisotopic (exact) mass is 442 g/mol. The van der Waals surface area contributed by atoms with Gasteiger partial charge >= 0.3 is 0 Å². The van der Waals surface area contributed by atoms with Gasteiger partial charge < -0.3 is 10.0 Å². The smallest absolute Gasteiger partial charge is 0.277 e. The van der Waals surface area contributed by atoms with Gasteiger partial charge in [0.1, 0.15) is 11.5 Å². The molecule has 1 fully saturated rings. The van der Waals surface area contributed by atoms with E-state index in [-0.39, 0.29) is 36.7 Å². The molecule has 0 aromatic heterocycles. The standard InChI is InChI=1S/C24H24ClFN2O3/c25-19-7-5-18(6-8-19)21-22(27-12-1-2-17(14-27)15-29)24(31)28(23(21)30)13-11-16-3-9-20(26)10-4-16/h3-10,17,29H,1-2,11-15H2. The molecule has 162 valence electrons. The number of nitrogens with zero attached hydrogens (tertiary/aromatic N) is 2. The van der Waals surface area contributed by atoms with Crippen LogP contribution in [0.2, 0.25) is 5.02 Å². The molecule has 0 aliphatic carbocycles. The molecule has 5 nitrogen and oxygen atoms in total. The van der Waals surface area contributed by atoms with Crippen LogP contribution in [-0.4, -0.2) is 53.0 Å². The number of benzene rings is 2. The Kier molecular flexibility index (Phi) is 6.39. The molecule has 1 N–H and O–H groups in total. The Morgan fingerprint density at radius 1 is 1.03 bits per heavy atom. The maximum absolute atomic E-state index is 13.4.